The van der Waals surface area contributed by atoms with Crippen molar-refractivity contribution in [1.29, 1.82) is 0 Å². The standard InChI is InChI=1S/C17H20N4O3/c1-10-13(6-7-16(22)21(10)3)24-14-8-15(20-17(23)18-2)19-9-12(14)11-4-5-11/h6-9,11H,4-5H2,1-3H3,(H2,18,19,20,23). The van der Waals surface area contributed by atoms with Crippen LogP contribution in [0, 0.1) is 6.92 Å². The van der Waals surface area contributed by atoms with Crippen molar-refractivity contribution < 1.29 is 9.53 Å². The molecule has 1 aliphatic rings. The molecule has 24 heavy (non-hydrogen) atoms. The van der Waals surface area contributed by atoms with Crippen molar-refractivity contribution in [2.45, 2.75) is 25.7 Å². The molecule has 2 amide bonds. The summed E-state index contributed by atoms with van der Waals surface area (Å²) in [4.78, 5) is 27.4. The molecule has 1 aliphatic carbocycles. The summed E-state index contributed by atoms with van der Waals surface area (Å²) in [6.45, 7) is 1.83. The first kappa shape index (κ1) is 16.0. The van der Waals surface area contributed by atoms with Crippen molar-refractivity contribution >= 4 is 11.8 Å². The van der Waals surface area contributed by atoms with Gasteiger partial charge in [-0.25, -0.2) is 9.78 Å². The zero-order chi connectivity index (χ0) is 17.3. The van der Waals surface area contributed by atoms with Crippen molar-refractivity contribution in [2.75, 3.05) is 12.4 Å². The number of urea groups is 1. The van der Waals surface area contributed by atoms with Crippen LogP contribution in [0.4, 0.5) is 10.6 Å². The topological polar surface area (TPSA) is 85.3 Å². The van der Waals surface area contributed by atoms with Gasteiger partial charge >= 0.3 is 6.03 Å². The van der Waals surface area contributed by atoms with Crippen LogP contribution in [0.25, 0.3) is 0 Å². The molecule has 0 unspecified atom stereocenters. The normalized spacial score (nSPS) is 13.5. The molecule has 1 fully saturated rings. The number of carbonyl (C=O) groups is 1. The van der Waals surface area contributed by atoms with Crippen LogP contribution in [-0.4, -0.2) is 22.6 Å². The Morgan fingerprint density at radius 1 is 1.33 bits per heavy atom. The summed E-state index contributed by atoms with van der Waals surface area (Å²) in [6, 6.07) is 4.52. The van der Waals surface area contributed by atoms with Crippen LogP contribution in [0.3, 0.4) is 0 Å². The van der Waals surface area contributed by atoms with E-state index in [2.05, 4.69) is 15.6 Å². The van der Waals surface area contributed by atoms with E-state index >= 15 is 0 Å². The molecule has 2 aromatic rings. The minimum absolute atomic E-state index is 0.0843. The molecule has 7 heteroatoms. The quantitative estimate of drug-likeness (QED) is 0.903. The van der Waals surface area contributed by atoms with Crippen LogP contribution in [0.1, 0.15) is 30.0 Å². The van der Waals surface area contributed by atoms with Crippen LogP contribution in [0.5, 0.6) is 11.5 Å². The van der Waals surface area contributed by atoms with Crippen LogP contribution in [0.2, 0.25) is 0 Å². The van der Waals surface area contributed by atoms with E-state index in [-0.39, 0.29) is 11.6 Å². The Morgan fingerprint density at radius 2 is 2.08 bits per heavy atom. The predicted molar refractivity (Wildman–Crippen MR) is 90.8 cm³/mol. The maximum Gasteiger partial charge on any atom is 0.320 e. The van der Waals surface area contributed by atoms with Gasteiger partial charge in [0, 0.05) is 38.0 Å². The van der Waals surface area contributed by atoms with E-state index in [0.29, 0.717) is 23.2 Å². The third-order valence-electron chi connectivity index (χ3n) is 4.17. The molecule has 0 aromatic carbocycles. The van der Waals surface area contributed by atoms with Gasteiger partial charge in [0.1, 0.15) is 17.3 Å². The lowest BCUT2D eigenvalue weighted by molar-refractivity contribution is 0.254. The zero-order valence-corrected chi connectivity index (χ0v) is 13.9. The molecule has 1 saturated carbocycles. The summed E-state index contributed by atoms with van der Waals surface area (Å²) in [5, 5.41) is 5.13. The lowest BCUT2D eigenvalue weighted by Gasteiger charge is -2.15. The van der Waals surface area contributed by atoms with Gasteiger partial charge in [0.15, 0.2) is 0 Å². The Hall–Kier alpha value is -2.83. The molecule has 2 aromatic heterocycles. The Bertz CT molecular complexity index is 840. The average Bonchev–Trinajstić information content (AvgIpc) is 3.40. The Balaban J connectivity index is 1.96. The molecular formula is C17H20N4O3. The van der Waals surface area contributed by atoms with Crippen LogP contribution < -0.4 is 20.9 Å². The Morgan fingerprint density at radius 3 is 2.75 bits per heavy atom. The summed E-state index contributed by atoms with van der Waals surface area (Å²) in [7, 11) is 3.25. The van der Waals surface area contributed by atoms with Crippen molar-refractivity contribution in [3.8, 4) is 11.5 Å². The van der Waals surface area contributed by atoms with E-state index in [0.717, 1.165) is 24.1 Å². The fourth-order valence-corrected chi connectivity index (χ4v) is 2.42. The molecule has 0 aliphatic heterocycles. The molecular weight excluding hydrogens is 308 g/mol. The molecule has 2 heterocycles. The highest BCUT2D eigenvalue weighted by atomic mass is 16.5. The van der Waals surface area contributed by atoms with Gasteiger partial charge in [0.05, 0.1) is 5.69 Å². The highest BCUT2D eigenvalue weighted by molar-refractivity contribution is 5.88. The Labute approximate surface area is 139 Å². The van der Waals surface area contributed by atoms with E-state index in [9.17, 15) is 9.59 Å². The fourth-order valence-electron chi connectivity index (χ4n) is 2.42. The number of nitrogens with zero attached hydrogens (tertiary/aromatic N) is 2. The predicted octanol–water partition coefficient (Wildman–Crippen LogP) is 2.51. The van der Waals surface area contributed by atoms with Crippen LogP contribution >= 0.6 is 0 Å². The molecule has 3 rings (SSSR count). The number of anilines is 1. The van der Waals surface area contributed by atoms with E-state index in [1.54, 1.807) is 32.4 Å². The molecule has 0 spiro atoms. The fraction of sp³-hybridized carbons (Fsp3) is 0.353. The SMILES string of the molecule is CNC(=O)Nc1cc(Oc2ccc(=O)n(C)c2C)c(C2CC2)cn1. The third-order valence-corrected chi connectivity index (χ3v) is 4.17. The van der Waals surface area contributed by atoms with Gasteiger partial charge in [-0.15, -0.1) is 0 Å². The minimum atomic E-state index is -0.342. The molecule has 0 atom stereocenters. The van der Waals surface area contributed by atoms with Gasteiger partial charge in [-0.3, -0.25) is 10.1 Å². The molecule has 126 valence electrons. The third kappa shape index (κ3) is 3.24. The van der Waals surface area contributed by atoms with E-state index < -0.39 is 0 Å². The number of rotatable bonds is 4. The van der Waals surface area contributed by atoms with Crippen LogP contribution in [-0.2, 0) is 7.05 Å². The van der Waals surface area contributed by atoms with E-state index in [1.165, 1.54) is 10.6 Å². The number of ether oxygens (including phenoxy) is 1. The second-order valence-electron chi connectivity index (χ2n) is 5.87. The smallest absolute Gasteiger partial charge is 0.320 e. The second kappa shape index (κ2) is 6.35. The number of hydrogen-bond donors (Lipinski definition) is 2. The number of hydrogen-bond acceptors (Lipinski definition) is 4. The number of pyridine rings is 2. The second-order valence-corrected chi connectivity index (χ2v) is 5.87. The maximum absolute atomic E-state index is 11.7. The first-order chi connectivity index (χ1) is 11.5. The van der Waals surface area contributed by atoms with Crippen molar-refractivity contribution in [1.82, 2.24) is 14.9 Å². The van der Waals surface area contributed by atoms with Gasteiger partial charge in [0.2, 0.25) is 0 Å². The number of nitrogens with one attached hydrogen (secondary N) is 2. The first-order valence-corrected chi connectivity index (χ1v) is 7.82. The first-order valence-electron chi connectivity index (χ1n) is 7.82. The molecule has 0 radical (unpaired) electrons. The summed E-state index contributed by atoms with van der Waals surface area (Å²) >= 11 is 0. The Kier molecular flexibility index (Phi) is 4.24. The van der Waals surface area contributed by atoms with Crippen molar-refractivity contribution in [2.24, 2.45) is 7.05 Å². The molecule has 7 nitrogen and oxygen atoms in total. The largest absolute Gasteiger partial charge is 0.455 e. The number of carbonyl (C=O) groups excluding carboxylic acids is 1. The number of amides is 2. The summed E-state index contributed by atoms with van der Waals surface area (Å²) in [6.07, 6.45) is 3.95. The lowest BCUT2D eigenvalue weighted by Crippen LogP contribution is -2.25. The minimum Gasteiger partial charge on any atom is -0.455 e. The van der Waals surface area contributed by atoms with Crippen molar-refractivity contribution in [3.63, 3.8) is 0 Å². The summed E-state index contributed by atoms with van der Waals surface area (Å²) in [5.74, 6) is 2.11. The summed E-state index contributed by atoms with van der Waals surface area (Å²) in [5.41, 5.74) is 1.67. The van der Waals surface area contributed by atoms with Gasteiger partial charge in [-0.05, 0) is 31.7 Å². The molecule has 0 saturated heterocycles. The van der Waals surface area contributed by atoms with E-state index in [1.807, 2.05) is 6.92 Å². The van der Waals surface area contributed by atoms with E-state index in [4.69, 9.17) is 4.74 Å². The number of aromatic nitrogens is 2. The maximum atomic E-state index is 11.7. The van der Waals surface area contributed by atoms with Gasteiger partial charge in [0.25, 0.3) is 5.56 Å². The average molecular weight is 328 g/mol. The van der Waals surface area contributed by atoms with Gasteiger partial charge < -0.3 is 14.6 Å². The van der Waals surface area contributed by atoms with Crippen molar-refractivity contribution in [3.05, 3.63) is 46.0 Å². The molecule has 0 bridgehead atoms. The van der Waals surface area contributed by atoms with Crippen LogP contribution in [0.15, 0.2) is 29.2 Å². The highest BCUT2D eigenvalue weighted by Gasteiger charge is 2.28. The van der Waals surface area contributed by atoms with Gasteiger partial charge in [-0.2, -0.15) is 0 Å². The highest BCUT2D eigenvalue weighted by Crippen LogP contribution is 2.45. The molecule has 2 N–H and O–H groups in total. The summed E-state index contributed by atoms with van der Waals surface area (Å²) < 4.78 is 7.60. The zero-order valence-electron chi connectivity index (χ0n) is 13.9. The van der Waals surface area contributed by atoms with Gasteiger partial charge in [-0.1, -0.05) is 0 Å². The lowest BCUT2D eigenvalue weighted by atomic mass is 10.1. The monoisotopic (exact) mass is 328 g/mol.